The van der Waals surface area contributed by atoms with Crippen molar-refractivity contribution in [1.82, 2.24) is 15.1 Å². The van der Waals surface area contributed by atoms with Crippen molar-refractivity contribution in [3.05, 3.63) is 17.5 Å². The fourth-order valence-corrected chi connectivity index (χ4v) is 1.89. The number of aromatic nitrogens is 2. The van der Waals surface area contributed by atoms with Gasteiger partial charge in [-0.15, -0.1) is 0 Å². The largest absolute Gasteiger partial charge is 0.349 e. The lowest BCUT2D eigenvalue weighted by Crippen LogP contribution is -2.49. The molecule has 114 valence electrons. The number of hydrogen-bond acceptors (Lipinski definition) is 3. The number of nitrogens with two attached hydrogens (primary N) is 1. The van der Waals surface area contributed by atoms with E-state index in [4.69, 9.17) is 5.73 Å². The van der Waals surface area contributed by atoms with Gasteiger partial charge in [-0.05, 0) is 18.9 Å². The van der Waals surface area contributed by atoms with Crippen molar-refractivity contribution in [3.8, 4) is 0 Å². The molecule has 20 heavy (non-hydrogen) atoms. The zero-order chi connectivity index (χ0) is 15.6. The smallest absolute Gasteiger partial charge is 0.269 e. The van der Waals surface area contributed by atoms with Crippen LogP contribution in [0, 0.1) is 0 Å². The van der Waals surface area contributed by atoms with E-state index < -0.39 is 0 Å². The van der Waals surface area contributed by atoms with Crippen molar-refractivity contribution in [2.45, 2.75) is 58.4 Å². The summed E-state index contributed by atoms with van der Waals surface area (Å²) in [6.45, 7) is 10.8. The number of nitrogens with zero attached hydrogens (tertiary/aromatic N) is 2. The first-order chi connectivity index (χ1) is 9.13. The summed E-state index contributed by atoms with van der Waals surface area (Å²) in [6.07, 6.45) is 1.67. The number of amides is 1. The van der Waals surface area contributed by atoms with Crippen LogP contribution in [0.25, 0.3) is 0 Å². The lowest BCUT2D eigenvalue weighted by molar-refractivity contribution is 0.0932. The number of nitrogens with one attached hydrogen (secondary N) is 1. The first kappa shape index (κ1) is 16.7. The number of carbonyl (C=O) groups excluding carboxylic acids is 1. The maximum absolute atomic E-state index is 12.3. The molecular weight excluding hydrogens is 252 g/mol. The molecule has 0 saturated carbocycles. The summed E-state index contributed by atoms with van der Waals surface area (Å²) in [5, 5.41) is 7.33. The minimum absolute atomic E-state index is 0.0687. The van der Waals surface area contributed by atoms with Gasteiger partial charge in [0.15, 0.2) is 0 Å². The summed E-state index contributed by atoms with van der Waals surface area (Å²) >= 11 is 0. The molecule has 0 saturated heterocycles. The van der Waals surface area contributed by atoms with Gasteiger partial charge in [-0.1, -0.05) is 34.6 Å². The Labute approximate surface area is 121 Å². The summed E-state index contributed by atoms with van der Waals surface area (Å²) in [5.41, 5.74) is 7.28. The van der Waals surface area contributed by atoms with E-state index in [1.54, 1.807) is 11.7 Å². The number of aryl methyl sites for hydroxylation is 1. The maximum atomic E-state index is 12.3. The van der Waals surface area contributed by atoms with Crippen LogP contribution >= 0.6 is 0 Å². The van der Waals surface area contributed by atoms with Crippen LogP contribution in [0.5, 0.6) is 0 Å². The molecule has 0 atom stereocenters. The van der Waals surface area contributed by atoms with Crippen molar-refractivity contribution >= 4 is 5.91 Å². The molecule has 5 heteroatoms. The third-order valence-corrected chi connectivity index (χ3v) is 3.89. The summed E-state index contributed by atoms with van der Waals surface area (Å²) in [7, 11) is 1.79. The van der Waals surface area contributed by atoms with Crippen LogP contribution in [0.4, 0.5) is 0 Å². The van der Waals surface area contributed by atoms with E-state index in [0.717, 1.165) is 18.5 Å². The molecule has 1 rings (SSSR count). The molecule has 5 nitrogen and oxygen atoms in total. The quantitative estimate of drug-likeness (QED) is 0.866. The molecule has 0 fully saturated rings. The summed E-state index contributed by atoms with van der Waals surface area (Å²) < 4.78 is 1.63. The predicted molar refractivity (Wildman–Crippen MR) is 81.7 cm³/mol. The van der Waals surface area contributed by atoms with Crippen LogP contribution in [-0.4, -0.2) is 27.8 Å². The van der Waals surface area contributed by atoms with Gasteiger partial charge < -0.3 is 11.1 Å². The molecule has 1 aromatic rings. The lowest BCUT2D eigenvalue weighted by Gasteiger charge is -2.26. The van der Waals surface area contributed by atoms with Crippen molar-refractivity contribution in [1.29, 1.82) is 0 Å². The van der Waals surface area contributed by atoms with E-state index in [1.807, 2.05) is 19.9 Å². The molecule has 0 aromatic carbocycles. The van der Waals surface area contributed by atoms with Gasteiger partial charge in [0.1, 0.15) is 5.69 Å². The lowest BCUT2D eigenvalue weighted by atomic mass is 9.92. The van der Waals surface area contributed by atoms with E-state index in [-0.39, 0.29) is 16.9 Å². The minimum Gasteiger partial charge on any atom is -0.349 e. The Bertz CT molecular complexity index is 467. The van der Waals surface area contributed by atoms with Gasteiger partial charge in [0, 0.05) is 24.5 Å². The average Bonchev–Trinajstić information content (AvgIpc) is 2.77. The molecule has 1 aromatic heterocycles. The minimum atomic E-state index is -0.332. The topological polar surface area (TPSA) is 72.9 Å². The third-order valence-electron chi connectivity index (χ3n) is 3.89. The van der Waals surface area contributed by atoms with E-state index in [1.165, 1.54) is 0 Å². The Kier molecular flexibility index (Phi) is 4.97. The molecule has 0 bridgehead atoms. The second-order valence-electron chi connectivity index (χ2n) is 6.54. The van der Waals surface area contributed by atoms with Crippen LogP contribution in [0.15, 0.2) is 6.07 Å². The molecule has 1 heterocycles. The predicted octanol–water partition coefficient (Wildman–Crippen LogP) is 1.96. The standard InChI is InChI=1S/C15H28N4O/c1-7-15(16,8-2)10-17-13(20)11-9-12(14(3,4)5)18-19(11)6/h9H,7-8,10,16H2,1-6H3,(H,17,20). The normalized spacial score (nSPS) is 12.6. The monoisotopic (exact) mass is 280 g/mol. The Morgan fingerprint density at radius 3 is 2.30 bits per heavy atom. The molecule has 1 amide bonds. The highest BCUT2D eigenvalue weighted by atomic mass is 16.2. The average molecular weight is 280 g/mol. The van der Waals surface area contributed by atoms with Gasteiger partial charge >= 0.3 is 0 Å². The van der Waals surface area contributed by atoms with Crippen molar-refractivity contribution in [2.75, 3.05) is 6.54 Å². The Morgan fingerprint density at radius 2 is 1.90 bits per heavy atom. The molecule has 0 unspecified atom stereocenters. The van der Waals surface area contributed by atoms with Crippen molar-refractivity contribution in [2.24, 2.45) is 12.8 Å². The first-order valence-corrected chi connectivity index (χ1v) is 7.24. The van der Waals surface area contributed by atoms with E-state index >= 15 is 0 Å². The third kappa shape index (κ3) is 3.82. The van der Waals surface area contributed by atoms with E-state index in [2.05, 4.69) is 31.2 Å². The summed E-state index contributed by atoms with van der Waals surface area (Å²) in [6, 6.07) is 1.85. The Hall–Kier alpha value is -1.36. The highest BCUT2D eigenvalue weighted by Gasteiger charge is 2.24. The number of carbonyl (C=O) groups is 1. The number of hydrogen-bond donors (Lipinski definition) is 2. The van der Waals surface area contributed by atoms with Gasteiger partial charge in [-0.25, -0.2) is 0 Å². The number of rotatable bonds is 5. The highest BCUT2D eigenvalue weighted by molar-refractivity contribution is 5.92. The van der Waals surface area contributed by atoms with Crippen LogP contribution < -0.4 is 11.1 Å². The van der Waals surface area contributed by atoms with Gasteiger partial charge in [-0.3, -0.25) is 9.48 Å². The van der Waals surface area contributed by atoms with Crippen LogP contribution in [0.1, 0.15) is 63.6 Å². The van der Waals surface area contributed by atoms with E-state index in [9.17, 15) is 4.79 Å². The van der Waals surface area contributed by atoms with Gasteiger partial charge in [0.05, 0.1) is 5.69 Å². The van der Waals surface area contributed by atoms with E-state index in [0.29, 0.717) is 12.2 Å². The maximum Gasteiger partial charge on any atom is 0.269 e. The summed E-state index contributed by atoms with van der Waals surface area (Å²) in [4.78, 5) is 12.3. The van der Waals surface area contributed by atoms with Crippen LogP contribution in [0.3, 0.4) is 0 Å². The fraction of sp³-hybridized carbons (Fsp3) is 0.733. The Morgan fingerprint density at radius 1 is 1.35 bits per heavy atom. The zero-order valence-electron chi connectivity index (χ0n) is 13.6. The summed E-state index contributed by atoms with van der Waals surface area (Å²) in [5.74, 6) is -0.118. The van der Waals surface area contributed by atoms with Crippen LogP contribution in [-0.2, 0) is 12.5 Å². The van der Waals surface area contributed by atoms with Crippen molar-refractivity contribution < 1.29 is 4.79 Å². The van der Waals surface area contributed by atoms with Crippen molar-refractivity contribution in [3.63, 3.8) is 0 Å². The SMILES string of the molecule is CCC(N)(CC)CNC(=O)c1cc(C(C)(C)C)nn1C. The molecule has 0 radical (unpaired) electrons. The zero-order valence-corrected chi connectivity index (χ0v) is 13.6. The Balaban J connectivity index is 2.81. The van der Waals surface area contributed by atoms with Gasteiger partial charge in [0.2, 0.25) is 0 Å². The molecule has 0 aliphatic rings. The molecular formula is C15H28N4O. The molecule has 0 spiro atoms. The van der Waals surface area contributed by atoms with Gasteiger partial charge in [-0.2, -0.15) is 5.10 Å². The highest BCUT2D eigenvalue weighted by Crippen LogP contribution is 2.21. The fourth-order valence-electron chi connectivity index (χ4n) is 1.89. The van der Waals surface area contributed by atoms with Gasteiger partial charge in [0.25, 0.3) is 5.91 Å². The van der Waals surface area contributed by atoms with Crippen LogP contribution in [0.2, 0.25) is 0 Å². The first-order valence-electron chi connectivity index (χ1n) is 7.24. The molecule has 0 aliphatic heterocycles. The molecule has 3 N–H and O–H groups in total. The second kappa shape index (κ2) is 5.95. The second-order valence-corrected chi connectivity index (χ2v) is 6.54. The molecule has 0 aliphatic carbocycles.